The van der Waals surface area contributed by atoms with Crippen LogP contribution in [0, 0.1) is 6.92 Å². The summed E-state index contributed by atoms with van der Waals surface area (Å²) in [5, 5.41) is 13.3. The number of methoxy groups -OCH3 is 1. The first kappa shape index (κ1) is 33.4. The van der Waals surface area contributed by atoms with Gasteiger partial charge in [-0.1, -0.05) is 84.9 Å². The third-order valence-corrected chi connectivity index (χ3v) is 8.55. The second kappa shape index (κ2) is 16.0. The number of hydrogen-bond donors (Lipinski definition) is 2. The van der Waals surface area contributed by atoms with Crippen molar-refractivity contribution in [3.05, 3.63) is 137 Å². The van der Waals surface area contributed by atoms with Crippen molar-refractivity contribution < 1.29 is 29.0 Å². The van der Waals surface area contributed by atoms with Gasteiger partial charge in [-0.2, -0.15) is 0 Å². The van der Waals surface area contributed by atoms with E-state index in [2.05, 4.69) is 65.7 Å². The number of carbonyl (C=O) groups excluding carboxylic acids is 3. The Hall–Kier alpha value is -4.99. The van der Waals surface area contributed by atoms with Crippen molar-refractivity contribution in [3.8, 4) is 5.75 Å². The van der Waals surface area contributed by atoms with E-state index in [-0.39, 0.29) is 25.0 Å². The lowest BCUT2D eigenvalue weighted by Gasteiger charge is -2.40. The Morgan fingerprint density at radius 2 is 1.43 bits per heavy atom. The molecule has 4 aromatic rings. The van der Waals surface area contributed by atoms with Crippen LogP contribution < -0.4 is 10.1 Å². The Morgan fingerprint density at radius 3 is 2.06 bits per heavy atom. The van der Waals surface area contributed by atoms with Crippen LogP contribution in [0.3, 0.4) is 0 Å². The Bertz CT molecular complexity index is 1620. The molecule has 0 bridgehead atoms. The maximum absolute atomic E-state index is 13.1. The first-order chi connectivity index (χ1) is 22.8. The number of amides is 2. The number of benzene rings is 4. The number of aliphatic hydroxyl groups excluding tert-OH is 1. The first-order valence-electron chi connectivity index (χ1n) is 15.8. The Kier molecular flexibility index (Phi) is 11.4. The van der Waals surface area contributed by atoms with Crippen molar-refractivity contribution in [1.29, 1.82) is 0 Å². The smallest absolute Gasteiger partial charge is 0.336 e. The molecular formula is C38H41N3O6. The Morgan fingerprint density at radius 1 is 0.809 bits per heavy atom. The van der Waals surface area contributed by atoms with E-state index in [4.69, 9.17) is 9.47 Å². The summed E-state index contributed by atoms with van der Waals surface area (Å²) < 4.78 is 10.5. The van der Waals surface area contributed by atoms with Gasteiger partial charge in [-0.3, -0.25) is 14.5 Å². The molecule has 2 N–H and O–H groups in total. The molecule has 244 valence electrons. The molecule has 1 unspecified atom stereocenters. The molecule has 4 aromatic carbocycles. The SMILES string of the molecule is COC(=O)[C@H](O)[C@H](Cc1ccccc1)NC(=O)c1ccc(OCC(=O)N2CCN(C(c3ccccc3)c3ccccc3C)CC2)cc1. The molecule has 2 amide bonds. The van der Waals surface area contributed by atoms with Gasteiger partial charge in [0, 0.05) is 31.7 Å². The van der Waals surface area contributed by atoms with E-state index in [1.807, 2.05) is 41.3 Å². The summed E-state index contributed by atoms with van der Waals surface area (Å²) >= 11 is 0. The molecule has 47 heavy (non-hydrogen) atoms. The summed E-state index contributed by atoms with van der Waals surface area (Å²) in [6.07, 6.45) is -1.30. The number of aryl methyl sites for hydroxylation is 1. The summed E-state index contributed by atoms with van der Waals surface area (Å²) in [5.41, 5.74) is 4.90. The molecule has 0 saturated carbocycles. The quantitative estimate of drug-likeness (QED) is 0.225. The third-order valence-electron chi connectivity index (χ3n) is 8.55. The van der Waals surface area contributed by atoms with Crippen LogP contribution in [-0.4, -0.2) is 84.7 Å². The molecule has 9 heteroatoms. The lowest BCUT2D eigenvalue weighted by atomic mass is 9.93. The number of piperazine rings is 1. The summed E-state index contributed by atoms with van der Waals surface area (Å²) in [6, 6.07) is 33.8. The van der Waals surface area contributed by atoms with E-state index in [0.29, 0.717) is 24.4 Å². The van der Waals surface area contributed by atoms with Crippen molar-refractivity contribution in [2.45, 2.75) is 31.5 Å². The van der Waals surface area contributed by atoms with E-state index in [1.54, 1.807) is 24.3 Å². The highest BCUT2D eigenvalue weighted by atomic mass is 16.5. The molecule has 9 nitrogen and oxygen atoms in total. The van der Waals surface area contributed by atoms with Crippen LogP contribution in [0.25, 0.3) is 0 Å². The molecule has 5 rings (SSSR count). The normalized spacial score (nSPS) is 15.3. The van der Waals surface area contributed by atoms with Crippen molar-refractivity contribution in [2.24, 2.45) is 0 Å². The number of carbonyl (C=O) groups is 3. The van der Waals surface area contributed by atoms with E-state index < -0.39 is 24.0 Å². The zero-order chi connectivity index (χ0) is 33.2. The van der Waals surface area contributed by atoms with Crippen LogP contribution in [0.5, 0.6) is 5.75 Å². The van der Waals surface area contributed by atoms with Crippen LogP contribution in [0.15, 0.2) is 109 Å². The molecule has 0 aliphatic carbocycles. The van der Waals surface area contributed by atoms with E-state index in [1.165, 1.54) is 23.8 Å². The Balaban J connectivity index is 1.15. The highest BCUT2D eigenvalue weighted by Gasteiger charge is 2.30. The molecule has 1 aliphatic heterocycles. The van der Waals surface area contributed by atoms with Gasteiger partial charge in [-0.05, 0) is 59.9 Å². The summed E-state index contributed by atoms with van der Waals surface area (Å²) in [4.78, 5) is 42.4. The minimum atomic E-state index is -1.54. The van der Waals surface area contributed by atoms with Gasteiger partial charge in [-0.25, -0.2) is 4.79 Å². The van der Waals surface area contributed by atoms with Gasteiger partial charge in [0.05, 0.1) is 19.2 Å². The predicted molar refractivity (Wildman–Crippen MR) is 179 cm³/mol. The maximum atomic E-state index is 13.1. The molecule has 0 spiro atoms. The van der Waals surface area contributed by atoms with Gasteiger partial charge in [0.2, 0.25) is 0 Å². The number of ether oxygens (including phenoxy) is 2. The topological polar surface area (TPSA) is 108 Å². The van der Waals surface area contributed by atoms with Crippen LogP contribution in [0.1, 0.15) is 38.7 Å². The highest BCUT2D eigenvalue weighted by molar-refractivity contribution is 5.95. The molecule has 1 saturated heterocycles. The van der Waals surface area contributed by atoms with Crippen molar-refractivity contribution in [1.82, 2.24) is 15.1 Å². The fraction of sp³-hybridized carbons (Fsp3) is 0.289. The molecule has 1 aliphatic rings. The number of rotatable bonds is 12. The van der Waals surface area contributed by atoms with E-state index >= 15 is 0 Å². The second-order valence-electron chi connectivity index (χ2n) is 11.6. The molecule has 1 heterocycles. The van der Waals surface area contributed by atoms with Gasteiger partial charge in [0.1, 0.15) is 5.75 Å². The lowest BCUT2D eigenvalue weighted by molar-refractivity contribution is -0.151. The van der Waals surface area contributed by atoms with E-state index in [9.17, 15) is 19.5 Å². The summed E-state index contributed by atoms with van der Waals surface area (Å²) in [6.45, 7) is 4.69. The highest BCUT2D eigenvalue weighted by Crippen LogP contribution is 2.31. The first-order valence-corrected chi connectivity index (χ1v) is 15.8. The molecule has 1 fully saturated rings. The maximum Gasteiger partial charge on any atom is 0.336 e. The number of esters is 1. The molecule has 0 aromatic heterocycles. The lowest BCUT2D eigenvalue weighted by Crippen LogP contribution is -2.51. The third kappa shape index (κ3) is 8.64. The zero-order valence-electron chi connectivity index (χ0n) is 26.7. The zero-order valence-corrected chi connectivity index (χ0v) is 26.7. The van der Waals surface area contributed by atoms with Crippen LogP contribution in [0.2, 0.25) is 0 Å². The van der Waals surface area contributed by atoms with Crippen LogP contribution in [0.4, 0.5) is 0 Å². The van der Waals surface area contributed by atoms with Crippen molar-refractivity contribution >= 4 is 17.8 Å². The number of aliphatic hydroxyl groups is 1. The van der Waals surface area contributed by atoms with Crippen LogP contribution >= 0.6 is 0 Å². The average molecular weight is 636 g/mol. The fourth-order valence-corrected chi connectivity index (χ4v) is 5.93. The van der Waals surface area contributed by atoms with Gasteiger partial charge in [-0.15, -0.1) is 0 Å². The van der Waals surface area contributed by atoms with Crippen molar-refractivity contribution in [2.75, 3.05) is 39.9 Å². The average Bonchev–Trinajstić information content (AvgIpc) is 3.12. The predicted octanol–water partition coefficient (Wildman–Crippen LogP) is 4.18. The van der Waals surface area contributed by atoms with Gasteiger partial charge in [0.25, 0.3) is 11.8 Å². The minimum Gasteiger partial charge on any atom is -0.484 e. The fourth-order valence-electron chi connectivity index (χ4n) is 5.93. The monoisotopic (exact) mass is 635 g/mol. The van der Waals surface area contributed by atoms with Gasteiger partial charge < -0.3 is 24.8 Å². The Labute approximate surface area is 275 Å². The van der Waals surface area contributed by atoms with Crippen LogP contribution in [-0.2, 0) is 20.7 Å². The standard InChI is InChI=1S/C38H41N3O6/c1-27-11-9-10-16-32(27)35(29-14-7-4-8-15-29)41-23-21-40(22-24-41)34(42)26-47-31-19-17-30(18-20-31)37(44)39-33(36(43)38(45)46-2)25-28-12-5-3-6-13-28/h3-20,33,35-36,43H,21-26H2,1-2H3,(H,39,44)/t33-,35?,36+/m0/s1. The summed E-state index contributed by atoms with van der Waals surface area (Å²) in [5.74, 6) is -0.941. The number of nitrogens with one attached hydrogen (secondary N) is 1. The molecular weight excluding hydrogens is 594 g/mol. The number of nitrogens with zero attached hydrogens (tertiary/aromatic N) is 2. The van der Waals surface area contributed by atoms with E-state index in [0.717, 1.165) is 18.7 Å². The molecule has 3 atom stereocenters. The van der Waals surface area contributed by atoms with Gasteiger partial charge in [0.15, 0.2) is 12.7 Å². The van der Waals surface area contributed by atoms with Gasteiger partial charge >= 0.3 is 5.97 Å². The van der Waals surface area contributed by atoms with Crippen molar-refractivity contribution in [3.63, 3.8) is 0 Å². The minimum absolute atomic E-state index is 0.0980. The molecule has 0 radical (unpaired) electrons. The summed E-state index contributed by atoms with van der Waals surface area (Å²) in [7, 11) is 1.18. The largest absolute Gasteiger partial charge is 0.484 e. The number of hydrogen-bond acceptors (Lipinski definition) is 7. The second-order valence-corrected chi connectivity index (χ2v) is 11.6.